The van der Waals surface area contributed by atoms with E-state index in [1.54, 1.807) is 12.3 Å². The van der Waals surface area contributed by atoms with Gasteiger partial charge in [-0.15, -0.1) is 11.3 Å². The van der Waals surface area contributed by atoms with Gasteiger partial charge in [-0.05, 0) is 30.3 Å². The van der Waals surface area contributed by atoms with Gasteiger partial charge in [-0.3, -0.25) is 4.79 Å². The predicted octanol–water partition coefficient (Wildman–Crippen LogP) is 3.44. The van der Waals surface area contributed by atoms with Gasteiger partial charge in [0, 0.05) is 22.9 Å². The van der Waals surface area contributed by atoms with Crippen molar-refractivity contribution in [3.05, 3.63) is 58.1 Å². The Morgan fingerprint density at radius 2 is 2.15 bits per heavy atom. The molecule has 0 bridgehead atoms. The molecular weight excluding hydrogens is 375 g/mol. The monoisotopic (exact) mass is 393 g/mol. The fourth-order valence-corrected chi connectivity index (χ4v) is 5.03. The number of carbonyl (C=O) groups excluding carboxylic acids is 1. The van der Waals surface area contributed by atoms with E-state index in [1.807, 2.05) is 12.1 Å². The summed E-state index contributed by atoms with van der Waals surface area (Å²) in [6.07, 6.45) is 4.04. The minimum atomic E-state index is -0.335. The van der Waals surface area contributed by atoms with E-state index in [1.165, 1.54) is 41.2 Å². The third-order valence-corrected chi connectivity index (χ3v) is 6.55. The highest BCUT2D eigenvalue weighted by Crippen LogP contribution is 2.35. The highest BCUT2D eigenvalue weighted by Gasteiger charge is 2.30. The van der Waals surface area contributed by atoms with Crippen LogP contribution in [0.5, 0.6) is 0 Å². The van der Waals surface area contributed by atoms with Gasteiger partial charge < -0.3 is 14.6 Å². The number of thiophene rings is 1. The Bertz CT molecular complexity index is 919. The third-order valence-electron chi connectivity index (χ3n) is 4.89. The summed E-state index contributed by atoms with van der Waals surface area (Å²) >= 11 is 7.56. The first-order valence-electron chi connectivity index (χ1n) is 8.67. The first-order valence-corrected chi connectivity index (χ1v) is 9.86. The number of benzene rings is 1. The molecule has 0 radical (unpaired) electrons. The number of carbonyl (C=O) groups is 1. The molecule has 1 aliphatic rings. The lowest BCUT2D eigenvalue weighted by Gasteiger charge is -2.23. The number of likely N-dealkylation sites (tertiary alicyclic amines) is 1. The number of fused-ring (bicyclic) bond motifs is 1. The van der Waals surface area contributed by atoms with Gasteiger partial charge in [0.15, 0.2) is 11.8 Å². The first kappa shape index (κ1) is 17.5. The molecule has 1 fully saturated rings. The van der Waals surface area contributed by atoms with Crippen LogP contribution in [0.1, 0.15) is 34.3 Å². The number of amides is 1. The van der Waals surface area contributed by atoms with E-state index in [0.717, 1.165) is 18.8 Å². The molecule has 0 saturated carbocycles. The molecule has 1 atom stereocenters. The second-order valence-electron chi connectivity index (χ2n) is 6.53. The minimum Gasteiger partial charge on any atom is -0.463 e. The average Bonchev–Trinajstić information content (AvgIpc) is 3.37. The molecule has 0 unspecified atom stereocenters. The predicted molar refractivity (Wildman–Crippen MR) is 101 cm³/mol. The van der Waals surface area contributed by atoms with Gasteiger partial charge in [0.05, 0.1) is 30.9 Å². The standard InChI is InChI=1S/C19H18ClFN2O2S/c20-17-13-6-5-12(21)10-16(13)26-18(17)19(24)22-11-14(15-4-3-9-25-15)23-7-1-2-8-23/h3-6,9-10,14H,1-2,7-8,11H2,(H,22,24)/p+1/t14-/m1/s1. The first-order chi connectivity index (χ1) is 12.6. The summed E-state index contributed by atoms with van der Waals surface area (Å²) in [5.41, 5.74) is 0. The highest BCUT2D eigenvalue weighted by molar-refractivity contribution is 7.21. The molecule has 4 rings (SSSR count). The number of furan rings is 1. The van der Waals surface area contributed by atoms with Crippen LogP contribution in [0.25, 0.3) is 10.1 Å². The Morgan fingerprint density at radius 3 is 2.88 bits per heavy atom. The maximum Gasteiger partial charge on any atom is 0.263 e. The maximum atomic E-state index is 13.4. The van der Waals surface area contributed by atoms with Crippen molar-refractivity contribution in [1.29, 1.82) is 0 Å². The Kier molecular flexibility index (Phi) is 4.98. The van der Waals surface area contributed by atoms with Gasteiger partial charge in [0.25, 0.3) is 5.91 Å². The van der Waals surface area contributed by atoms with Crippen LogP contribution < -0.4 is 10.2 Å². The smallest absolute Gasteiger partial charge is 0.263 e. The molecule has 1 amide bonds. The molecule has 2 N–H and O–H groups in total. The second kappa shape index (κ2) is 7.39. The summed E-state index contributed by atoms with van der Waals surface area (Å²) in [4.78, 5) is 14.5. The van der Waals surface area contributed by atoms with Crippen molar-refractivity contribution in [2.45, 2.75) is 18.9 Å². The van der Waals surface area contributed by atoms with Crippen LogP contribution in [-0.2, 0) is 0 Å². The number of hydrogen-bond acceptors (Lipinski definition) is 3. The fourth-order valence-electron chi connectivity index (χ4n) is 3.57. The number of quaternary nitrogens is 1. The molecule has 7 heteroatoms. The lowest BCUT2D eigenvalue weighted by Crippen LogP contribution is -3.11. The minimum absolute atomic E-state index is 0.0852. The van der Waals surface area contributed by atoms with E-state index in [-0.39, 0.29) is 17.8 Å². The summed E-state index contributed by atoms with van der Waals surface area (Å²) < 4.78 is 19.7. The van der Waals surface area contributed by atoms with Crippen LogP contribution in [0.2, 0.25) is 5.02 Å². The highest BCUT2D eigenvalue weighted by atomic mass is 35.5. The molecule has 0 aliphatic carbocycles. The molecule has 4 nitrogen and oxygen atoms in total. The van der Waals surface area contributed by atoms with Gasteiger partial charge >= 0.3 is 0 Å². The van der Waals surface area contributed by atoms with Crippen molar-refractivity contribution in [2.75, 3.05) is 19.6 Å². The normalized spacial score (nSPS) is 16.2. The van der Waals surface area contributed by atoms with Crippen molar-refractivity contribution >= 4 is 38.9 Å². The fraction of sp³-hybridized carbons (Fsp3) is 0.316. The third kappa shape index (κ3) is 3.37. The average molecular weight is 394 g/mol. The summed E-state index contributed by atoms with van der Waals surface area (Å²) in [5.74, 6) is 0.316. The lowest BCUT2D eigenvalue weighted by atomic mass is 10.2. The molecular formula is C19H19ClFN2O2S+. The molecule has 3 heterocycles. The molecule has 1 aromatic carbocycles. The van der Waals surface area contributed by atoms with Crippen LogP contribution in [0, 0.1) is 5.82 Å². The molecule has 26 heavy (non-hydrogen) atoms. The zero-order valence-corrected chi connectivity index (χ0v) is 15.6. The van der Waals surface area contributed by atoms with E-state index in [4.69, 9.17) is 16.0 Å². The molecule has 0 spiro atoms. The second-order valence-corrected chi connectivity index (χ2v) is 7.96. The Labute approximate surface area is 159 Å². The zero-order chi connectivity index (χ0) is 18.1. The van der Waals surface area contributed by atoms with Gasteiger partial charge in [-0.1, -0.05) is 11.6 Å². The van der Waals surface area contributed by atoms with E-state index < -0.39 is 0 Å². The van der Waals surface area contributed by atoms with Crippen LogP contribution in [-0.4, -0.2) is 25.5 Å². The SMILES string of the molecule is O=C(NC[C@H](c1ccco1)[NH+]1CCCC1)c1sc2cc(F)ccc2c1Cl. The summed E-state index contributed by atoms with van der Waals surface area (Å²) in [6.45, 7) is 2.62. The van der Waals surface area contributed by atoms with E-state index >= 15 is 0 Å². The van der Waals surface area contributed by atoms with Crippen molar-refractivity contribution < 1.29 is 18.5 Å². The van der Waals surface area contributed by atoms with Crippen LogP contribution >= 0.6 is 22.9 Å². The maximum absolute atomic E-state index is 13.4. The van der Waals surface area contributed by atoms with E-state index in [2.05, 4.69) is 5.32 Å². The van der Waals surface area contributed by atoms with E-state index in [0.29, 0.717) is 26.5 Å². The summed E-state index contributed by atoms with van der Waals surface area (Å²) in [6, 6.07) is 8.28. The van der Waals surface area contributed by atoms with E-state index in [9.17, 15) is 9.18 Å². The Hall–Kier alpha value is -1.89. The van der Waals surface area contributed by atoms with Crippen LogP contribution in [0.15, 0.2) is 41.0 Å². The molecule has 1 saturated heterocycles. The van der Waals surface area contributed by atoms with Crippen LogP contribution in [0.4, 0.5) is 4.39 Å². The summed E-state index contributed by atoms with van der Waals surface area (Å²) in [5, 5.41) is 4.08. The van der Waals surface area contributed by atoms with Gasteiger partial charge in [0.2, 0.25) is 0 Å². The topological polar surface area (TPSA) is 46.7 Å². The van der Waals surface area contributed by atoms with Crippen molar-refractivity contribution in [3.63, 3.8) is 0 Å². The Morgan fingerprint density at radius 1 is 1.35 bits per heavy atom. The zero-order valence-electron chi connectivity index (χ0n) is 14.1. The van der Waals surface area contributed by atoms with Gasteiger partial charge in [-0.2, -0.15) is 0 Å². The molecule has 2 aromatic heterocycles. The number of hydrogen-bond donors (Lipinski definition) is 2. The molecule has 3 aromatic rings. The van der Waals surface area contributed by atoms with Crippen LogP contribution in [0.3, 0.4) is 0 Å². The largest absolute Gasteiger partial charge is 0.463 e. The quantitative estimate of drug-likeness (QED) is 0.697. The van der Waals surface area contributed by atoms with Crippen molar-refractivity contribution in [2.24, 2.45) is 0 Å². The van der Waals surface area contributed by atoms with Crippen molar-refractivity contribution in [3.8, 4) is 0 Å². The number of rotatable bonds is 5. The van der Waals surface area contributed by atoms with Gasteiger partial charge in [-0.25, -0.2) is 4.39 Å². The summed E-state index contributed by atoms with van der Waals surface area (Å²) in [7, 11) is 0. The Balaban J connectivity index is 1.53. The number of halogens is 2. The molecule has 1 aliphatic heterocycles. The van der Waals surface area contributed by atoms with Gasteiger partial charge in [0.1, 0.15) is 10.7 Å². The lowest BCUT2D eigenvalue weighted by molar-refractivity contribution is -0.919. The molecule has 136 valence electrons. The van der Waals surface area contributed by atoms with Crippen molar-refractivity contribution in [1.82, 2.24) is 5.32 Å². The number of nitrogens with one attached hydrogen (secondary N) is 2.